The molecule has 0 spiro atoms. The van der Waals surface area contributed by atoms with Crippen LogP contribution in [-0.2, 0) is 16.0 Å². The second-order valence-electron chi connectivity index (χ2n) is 6.01. The molecule has 0 heterocycles. The van der Waals surface area contributed by atoms with Gasteiger partial charge in [0.15, 0.2) is 0 Å². The third kappa shape index (κ3) is 6.30. The van der Waals surface area contributed by atoms with Gasteiger partial charge in [0.1, 0.15) is 12.2 Å². The van der Waals surface area contributed by atoms with Crippen LogP contribution >= 0.6 is 0 Å². The van der Waals surface area contributed by atoms with Gasteiger partial charge in [-0.2, -0.15) is 0 Å². The highest BCUT2D eigenvalue weighted by atomic mass is 16.5. The summed E-state index contributed by atoms with van der Waals surface area (Å²) in [6, 6.07) is 14.6. The van der Waals surface area contributed by atoms with Crippen molar-refractivity contribution in [3.63, 3.8) is 0 Å². The van der Waals surface area contributed by atoms with Crippen LogP contribution < -0.4 is 15.4 Å². The molecular formula is C20H24N2O3. The molecule has 0 aliphatic carbocycles. The first-order valence-corrected chi connectivity index (χ1v) is 8.41. The topological polar surface area (TPSA) is 67.4 Å². The van der Waals surface area contributed by atoms with Gasteiger partial charge >= 0.3 is 0 Å². The minimum absolute atomic E-state index is 0.0931. The molecule has 2 aromatic rings. The molecule has 0 atom stereocenters. The summed E-state index contributed by atoms with van der Waals surface area (Å²) in [6.07, 6.45) is 0.799. The average molecular weight is 340 g/mol. The maximum Gasteiger partial charge on any atom is 0.233 e. The number of rotatable bonds is 7. The molecule has 5 heteroatoms. The first kappa shape index (κ1) is 18.5. The number of aryl methyl sites for hydroxylation is 1. The van der Waals surface area contributed by atoms with Crippen LogP contribution in [0.5, 0.6) is 5.75 Å². The number of carbonyl (C=O) groups excluding carboxylic acids is 2. The Labute approximate surface area is 148 Å². The SMILES string of the molecule is CCc1ccc(NC(=O)CC(=O)Nc2ccc(OC(C)C)cc2)cc1. The van der Waals surface area contributed by atoms with Crippen molar-refractivity contribution in [2.75, 3.05) is 10.6 Å². The van der Waals surface area contributed by atoms with Crippen molar-refractivity contribution < 1.29 is 14.3 Å². The standard InChI is InChI=1S/C20H24N2O3/c1-4-15-5-7-16(8-6-15)21-19(23)13-20(24)22-17-9-11-18(12-10-17)25-14(2)3/h5-12,14H,4,13H2,1-3H3,(H,21,23)(H,22,24). The van der Waals surface area contributed by atoms with Crippen molar-refractivity contribution in [3.8, 4) is 5.75 Å². The molecule has 0 aromatic heterocycles. The van der Waals surface area contributed by atoms with Gasteiger partial charge in [-0.15, -0.1) is 0 Å². The summed E-state index contributed by atoms with van der Waals surface area (Å²) >= 11 is 0. The molecule has 0 fully saturated rings. The zero-order valence-electron chi connectivity index (χ0n) is 14.8. The van der Waals surface area contributed by atoms with Crippen LogP contribution in [-0.4, -0.2) is 17.9 Å². The molecular weight excluding hydrogens is 316 g/mol. The molecule has 0 radical (unpaired) electrons. The highest BCUT2D eigenvalue weighted by Gasteiger charge is 2.10. The molecule has 0 aliphatic rings. The smallest absolute Gasteiger partial charge is 0.233 e. The van der Waals surface area contributed by atoms with Gasteiger partial charge < -0.3 is 15.4 Å². The molecule has 132 valence electrons. The van der Waals surface area contributed by atoms with Crippen molar-refractivity contribution >= 4 is 23.2 Å². The monoisotopic (exact) mass is 340 g/mol. The molecule has 2 rings (SSSR count). The zero-order chi connectivity index (χ0) is 18.2. The van der Waals surface area contributed by atoms with E-state index in [1.54, 1.807) is 24.3 Å². The molecule has 0 bridgehead atoms. The Balaban J connectivity index is 1.83. The van der Waals surface area contributed by atoms with E-state index in [0.29, 0.717) is 11.4 Å². The third-order valence-corrected chi connectivity index (χ3v) is 3.48. The van der Waals surface area contributed by atoms with E-state index in [2.05, 4.69) is 17.6 Å². The van der Waals surface area contributed by atoms with E-state index in [0.717, 1.165) is 12.2 Å². The quantitative estimate of drug-likeness (QED) is 0.749. The summed E-state index contributed by atoms with van der Waals surface area (Å²) in [5.74, 6) is 0.0305. The maximum atomic E-state index is 12.0. The summed E-state index contributed by atoms with van der Waals surface area (Å²) in [6.45, 7) is 5.97. The van der Waals surface area contributed by atoms with Crippen LogP contribution in [0.25, 0.3) is 0 Å². The van der Waals surface area contributed by atoms with E-state index in [-0.39, 0.29) is 24.3 Å². The first-order chi connectivity index (χ1) is 12.0. The summed E-state index contributed by atoms with van der Waals surface area (Å²) in [5.41, 5.74) is 2.51. The number of amides is 2. The van der Waals surface area contributed by atoms with Crippen LogP contribution in [0.4, 0.5) is 11.4 Å². The van der Waals surface area contributed by atoms with Gasteiger partial charge in [0, 0.05) is 11.4 Å². The number of ether oxygens (including phenoxy) is 1. The Bertz CT molecular complexity index is 707. The van der Waals surface area contributed by atoms with Gasteiger partial charge in [-0.1, -0.05) is 19.1 Å². The van der Waals surface area contributed by atoms with Crippen molar-refractivity contribution in [2.24, 2.45) is 0 Å². The minimum atomic E-state index is -0.361. The van der Waals surface area contributed by atoms with E-state index < -0.39 is 0 Å². The number of carbonyl (C=O) groups is 2. The molecule has 2 amide bonds. The summed E-state index contributed by atoms with van der Waals surface area (Å²) in [4.78, 5) is 23.9. The Kier molecular flexibility index (Phi) is 6.57. The lowest BCUT2D eigenvalue weighted by Gasteiger charge is -2.11. The summed E-state index contributed by atoms with van der Waals surface area (Å²) in [7, 11) is 0. The van der Waals surface area contributed by atoms with E-state index in [4.69, 9.17) is 4.74 Å². The summed E-state index contributed by atoms with van der Waals surface area (Å²) in [5, 5.41) is 5.42. The molecule has 0 saturated heterocycles. The van der Waals surface area contributed by atoms with Crippen LogP contribution in [0.1, 0.15) is 32.8 Å². The Morgan fingerprint density at radius 1 is 0.880 bits per heavy atom. The number of hydrogen-bond acceptors (Lipinski definition) is 3. The fourth-order valence-corrected chi connectivity index (χ4v) is 2.27. The predicted molar refractivity (Wildman–Crippen MR) is 99.9 cm³/mol. The number of benzene rings is 2. The van der Waals surface area contributed by atoms with Gasteiger partial charge in [-0.3, -0.25) is 9.59 Å². The summed E-state index contributed by atoms with van der Waals surface area (Å²) < 4.78 is 5.54. The third-order valence-electron chi connectivity index (χ3n) is 3.48. The van der Waals surface area contributed by atoms with E-state index in [1.807, 2.05) is 38.1 Å². The Hall–Kier alpha value is -2.82. The lowest BCUT2D eigenvalue weighted by molar-refractivity contribution is -0.123. The highest BCUT2D eigenvalue weighted by molar-refractivity contribution is 6.08. The number of nitrogens with one attached hydrogen (secondary N) is 2. The average Bonchev–Trinajstić information content (AvgIpc) is 2.56. The zero-order valence-corrected chi connectivity index (χ0v) is 14.8. The second kappa shape index (κ2) is 8.87. The normalized spacial score (nSPS) is 10.4. The van der Waals surface area contributed by atoms with Crippen LogP contribution in [0.3, 0.4) is 0 Å². The molecule has 0 aliphatic heterocycles. The molecule has 2 N–H and O–H groups in total. The number of hydrogen-bond donors (Lipinski definition) is 2. The maximum absolute atomic E-state index is 12.0. The van der Waals surface area contributed by atoms with Crippen LogP contribution in [0, 0.1) is 0 Å². The van der Waals surface area contributed by atoms with Crippen LogP contribution in [0.15, 0.2) is 48.5 Å². The Morgan fingerprint density at radius 2 is 1.36 bits per heavy atom. The molecule has 25 heavy (non-hydrogen) atoms. The molecule has 0 unspecified atom stereocenters. The minimum Gasteiger partial charge on any atom is -0.491 e. The molecule has 5 nitrogen and oxygen atoms in total. The molecule has 0 saturated carbocycles. The predicted octanol–water partition coefficient (Wildman–Crippen LogP) is 4.00. The fourth-order valence-electron chi connectivity index (χ4n) is 2.27. The van der Waals surface area contributed by atoms with Gasteiger partial charge in [-0.25, -0.2) is 0 Å². The highest BCUT2D eigenvalue weighted by Crippen LogP contribution is 2.17. The second-order valence-corrected chi connectivity index (χ2v) is 6.01. The van der Waals surface area contributed by atoms with Crippen LogP contribution in [0.2, 0.25) is 0 Å². The Morgan fingerprint density at radius 3 is 1.80 bits per heavy atom. The van der Waals surface area contributed by atoms with Crippen molar-refractivity contribution in [1.82, 2.24) is 0 Å². The fraction of sp³-hybridized carbons (Fsp3) is 0.300. The van der Waals surface area contributed by atoms with E-state index in [9.17, 15) is 9.59 Å². The lowest BCUT2D eigenvalue weighted by Crippen LogP contribution is -2.21. The number of anilines is 2. The van der Waals surface area contributed by atoms with Crippen molar-refractivity contribution in [2.45, 2.75) is 39.7 Å². The van der Waals surface area contributed by atoms with Gasteiger partial charge in [-0.05, 0) is 62.2 Å². The van der Waals surface area contributed by atoms with Gasteiger partial charge in [0.2, 0.25) is 11.8 Å². The molecule has 2 aromatic carbocycles. The van der Waals surface area contributed by atoms with E-state index in [1.165, 1.54) is 5.56 Å². The largest absolute Gasteiger partial charge is 0.491 e. The van der Waals surface area contributed by atoms with E-state index >= 15 is 0 Å². The van der Waals surface area contributed by atoms with Crippen molar-refractivity contribution in [3.05, 3.63) is 54.1 Å². The van der Waals surface area contributed by atoms with Crippen molar-refractivity contribution in [1.29, 1.82) is 0 Å². The van der Waals surface area contributed by atoms with Gasteiger partial charge in [0.25, 0.3) is 0 Å². The van der Waals surface area contributed by atoms with Gasteiger partial charge in [0.05, 0.1) is 6.10 Å². The lowest BCUT2D eigenvalue weighted by atomic mass is 10.1. The first-order valence-electron chi connectivity index (χ1n) is 8.41.